The lowest BCUT2D eigenvalue weighted by Crippen LogP contribution is -2.33. The quantitative estimate of drug-likeness (QED) is 0.681. The molecule has 0 aliphatic heterocycles. The van der Waals surface area contributed by atoms with Crippen LogP contribution < -0.4 is 5.56 Å². The Hall–Kier alpha value is -1.69. The van der Waals surface area contributed by atoms with Gasteiger partial charge in [-0.2, -0.15) is 0 Å². The summed E-state index contributed by atoms with van der Waals surface area (Å²) in [6, 6.07) is 3.34. The molecular formula is C13H18N2O3S. The number of ether oxygens (including phenoxy) is 1. The van der Waals surface area contributed by atoms with Gasteiger partial charge in [-0.25, -0.2) is 9.10 Å². The van der Waals surface area contributed by atoms with Gasteiger partial charge in [0.05, 0.1) is 11.4 Å². The van der Waals surface area contributed by atoms with Gasteiger partial charge in [0.1, 0.15) is 5.60 Å². The van der Waals surface area contributed by atoms with Gasteiger partial charge in [-0.05, 0) is 44.9 Å². The van der Waals surface area contributed by atoms with Gasteiger partial charge < -0.3 is 9.72 Å². The molecule has 0 aromatic carbocycles. The summed E-state index contributed by atoms with van der Waals surface area (Å²) in [5.74, 6) is 0. The number of aromatic nitrogens is 1. The molecule has 19 heavy (non-hydrogen) atoms. The van der Waals surface area contributed by atoms with Crippen molar-refractivity contribution < 1.29 is 9.53 Å². The first-order valence-corrected chi connectivity index (χ1v) is 6.58. The van der Waals surface area contributed by atoms with Crippen LogP contribution in [-0.2, 0) is 4.74 Å². The van der Waals surface area contributed by atoms with Crippen molar-refractivity contribution in [2.24, 2.45) is 0 Å². The number of pyridine rings is 1. The van der Waals surface area contributed by atoms with E-state index in [1.165, 1.54) is 10.5 Å². The number of carbonyl (C=O) groups excluding carboxylic acids is 1. The molecule has 1 amide bonds. The normalized spacial score (nSPS) is 10.9. The van der Waals surface area contributed by atoms with E-state index in [-0.39, 0.29) is 12.1 Å². The van der Waals surface area contributed by atoms with Crippen molar-refractivity contribution in [1.29, 1.82) is 0 Å². The smallest absolute Gasteiger partial charge is 0.420 e. The molecule has 0 radical (unpaired) electrons. The number of nitrogens with zero attached hydrogens (tertiary/aromatic N) is 1. The molecule has 0 saturated heterocycles. The highest BCUT2D eigenvalue weighted by molar-refractivity contribution is 7.97. The Morgan fingerprint density at radius 1 is 1.58 bits per heavy atom. The zero-order valence-electron chi connectivity index (χ0n) is 11.3. The van der Waals surface area contributed by atoms with Crippen molar-refractivity contribution in [3.63, 3.8) is 0 Å². The van der Waals surface area contributed by atoms with Crippen LogP contribution >= 0.6 is 11.9 Å². The van der Waals surface area contributed by atoms with Gasteiger partial charge >= 0.3 is 6.09 Å². The van der Waals surface area contributed by atoms with Crippen molar-refractivity contribution >= 4 is 18.0 Å². The summed E-state index contributed by atoms with van der Waals surface area (Å²) < 4.78 is 6.62. The summed E-state index contributed by atoms with van der Waals surface area (Å²) in [6.45, 7) is 9.25. The average Bonchev–Trinajstić information content (AvgIpc) is 2.29. The largest absolute Gasteiger partial charge is 0.443 e. The van der Waals surface area contributed by atoms with Crippen molar-refractivity contribution in [2.75, 3.05) is 6.54 Å². The maximum atomic E-state index is 12.0. The lowest BCUT2D eigenvalue weighted by Gasteiger charge is -2.25. The molecule has 0 atom stereocenters. The molecular weight excluding hydrogens is 264 g/mol. The molecule has 0 bridgehead atoms. The van der Waals surface area contributed by atoms with Crippen molar-refractivity contribution in [1.82, 2.24) is 9.29 Å². The van der Waals surface area contributed by atoms with E-state index in [2.05, 4.69) is 11.6 Å². The summed E-state index contributed by atoms with van der Waals surface area (Å²) in [7, 11) is 0. The fourth-order valence-corrected chi connectivity index (χ4v) is 1.99. The maximum Gasteiger partial charge on any atom is 0.420 e. The monoisotopic (exact) mass is 282 g/mol. The number of hydrogen-bond donors (Lipinski definition) is 1. The fraction of sp³-hybridized carbons (Fsp3) is 0.385. The molecule has 104 valence electrons. The van der Waals surface area contributed by atoms with Crippen LogP contribution in [0.4, 0.5) is 4.79 Å². The summed E-state index contributed by atoms with van der Waals surface area (Å²) >= 11 is 1.03. The molecule has 1 aromatic rings. The summed E-state index contributed by atoms with van der Waals surface area (Å²) in [5.41, 5.74) is -0.828. The number of hydrogen-bond acceptors (Lipinski definition) is 4. The van der Waals surface area contributed by atoms with Gasteiger partial charge in [0, 0.05) is 6.20 Å². The summed E-state index contributed by atoms with van der Waals surface area (Å²) in [4.78, 5) is 26.6. The molecule has 1 heterocycles. The average molecular weight is 282 g/mol. The molecule has 1 N–H and O–H groups in total. The van der Waals surface area contributed by atoms with E-state index in [0.29, 0.717) is 4.90 Å². The van der Waals surface area contributed by atoms with Crippen LogP contribution in [0.25, 0.3) is 0 Å². The van der Waals surface area contributed by atoms with E-state index in [9.17, 15) is 9.59 Å². The molecule has 0 aliphatic rings. The molecule has 1 aromatic heterocycles. The van der Waals surface area contributed by atoms with E-state index in [0.717, 1.165) is 11.9 Å². The first-order valence-electron chi connectivity index (χ1n) is 5.80. The second-order valence-corrected chi connectivity index (χ2v) is 5.85. The lowest BCUT2D eigenvalue weighted by atomic mass is 10.2. The third-order valence-electron chi connectivity index (χ3n) is 1.88. The predicted molar refractivity (Wildman–Crippen MR) is 76.1 cm³/mol. The number of nitrogens with one attached hydrogen (secondary N) is 1. The second-order valence-electron chi connectivity index (χ2n) is 4.78. The van der Waals surface area contributed by atoms with Gasteiger partial charge in [-0.3, -0.25) is 4.79 Å². The SMILES string of the molecule is C=CCN(Sc1ccc[nH]c1=O)C(=O)OC(C)(C)C. The first-order chi connectivity index (χ1) is 8.83. The van der Waals surface area contributed by atoms with Gasteiger partial charge in [0.25, 0.3) is 5.56 Å². The Morgan fingerprint density at radius 3 is 2.79 bits per heavy atom. The number of carbonyl (C=O) groups is 1. The van der Waals surface area contributed by atoms with Gasteiger partial charge in [-0.15, -0.1) is 6.58 Å². The Morgan fingerprint density at radius 2 is 2.26 bits per heavy atom. The molecule has 0 saturated carbocycles. The van der Waals surface area contributed by atoms with Crippen molar-refractivity contribution in [3.05, 3.63) is 41.3 Å². The van der Waals surface area contributed by atoms with Crippen molar-refractivity contribution in [3.8, 4) is 0 Å². The van der Waals surface area contributed by atoms with E-state index < -0.39 is 11.7 Å². The molecule has 0 spiro atoms. The zero-order chi connectivity index (χ0) is 14.5. The number of rotatable bonds is 4. The van der Waals surface area contributed by atoms with Crippen molar-refractivity contribution in [2.45, 2.75) is 31.3 Å². The van der Waals surface area contributed by atoms with E-state index in [1.54, 1.807) is 39.0 Å². The van der Waals surface area contributed by atoms with Gasteiger partial charge in [0.2, 0.25) is 0 Å². The lowest BCUT2D eigenvalue weighted by molar-refractivity contribution is 0.0417. The van der Waals surface area contributed by atoms with Crippen LogP contribution in [0.3, 0.4) is 0 Å². The number of amides is 1. The summed E-state index contributed by atoms with van der Waals surface area (Å²) in [6.07, 6.45) is 2.62. The number of aromatic amines is 1. The highest BCUT2D eigenvalue weighted by atomic mass is 32.2. The highest BCUT2D eigenvalue weighted by Gasteiger charge is 2.23. The van der Waals surface area contributed by atoms with Gasteiger partial charge in [0.15, 0.2) is 0 Å². The minimum atomic E-state index is -0.583. The van der Waals surface area contributed by atoms with E-state index >= 15 is 0 Å². The highest BCUT2D eigenvalue weighted by Crippen LogP contribution is 2.21. The first kappa shape index (κ1) is 15.4. The number of H-pyrrole nitrogens is 1. The standard InChI is InChI=1S/C13H18N2O3S/c1-5-9-15(12(17)18-13(2,3)4)19-10-7-6-8-14-11(10)16/h5-8H,1,9H2,2-4H3,(H,14,16). The molecule has 1 rings (SSSR count). The van der Waals surface area contributed by atoms with Crippen LogP contribution in [0, 0.1) is 0 Å². The molecule has 0 fully saturated rings. The Labute approximate surface area is 116 Å². The Bertz CT molecular complexity index is 505. The van der Waals surface area contributed by atoms with E-state index in [4.69, 9.17) is 4.74 Å². The Balaban J connectivity index is 2.84. The third-order valence-corrected chi connectivity index (χ3v) is 2.92. The zero-order valence-corrected chi connectivity index (χ0v) is 12.1. The van der Waals surface area contributed by atoms with Crippen LogP contribution in [0.2, 0.25) is 0 Å². The third kappa shape index (κ3) is 5.21. The van der Waals surface area contributed by atoms with Crippen LogP contribution in [-0.4, -0.2) is 27.5 Å². The molecule has 6 heteroatoms. The fourth-order valence-electron chi connectivity index (χ4n) is 1.18. The minimum absolute atomic E-state index is 0.245. The molecule has 5 nitrogen and oxygen atoms in total. The van der Waals surface area contributed by atoms with Crippen LogP contribution in [0.15, 0.2) is 40.7 Å². The predicted octanol–water partition coefficient (Wildman–Crippen LogP) is 2.81. The van der Waals surface area contributed by atoms with Gasteiger partial charge in [-0.1, -0.05) is 6.08 Å². The Kier molecular flexibility index (Phi) is 5.23. The van der Waals surface area contributed by atoms with Crippen LogP contribution in [0.1, 0.15) is 20.8 Å². The van der Waals surface area contributed by atoms with Crippen LogP contribution in [0.5, 0.6) is 0 Å². The maximum absolute atomic E-state index is 12.0. The topological polar surface area (TPSA) is 62.4 Å². The minimum Gasteiger partial charge on any atom is -0.443 e. The molecule has 0 unspecified atom stereocenters. The molecule has 0 aliphatic carbocycles. The summed E-state index contributed by atoms with van der Waals surface area (Å²) in [5, 5.41) is 0. The second kappa shape index (κ2) is 6.47. The van der Waals surface area contributed by atoms with E-state index in [1.807, 2.05) is 0 Å².